The van der Waals surface area contributed by atoms with E-state index in [2.05, 4.69) is 22.5 Å². The molecular weight excluding hydrogens is 281 g/mol. The summed E-state index contributed by atoms with van der Waals surface area (Å²) in [6.07, 6.45) is 2.30. The van der Waals surface area contributed by atoms with Crippen LogP contribution < -0.4 is 10.6 Å². The van der Waals surface area contributed by atoms with E-state index in [-0.39, 0.29) is 11.7 Å². The van der Waals surface area contributed by atoms with E-state index in [1.807, 2.05) is 0 Å². The zero-order valence-electron chi connectivity index (χ0n) is 13.3. The van der Waals surface area contributed by atoms with Gasteiger partial charge in [-0.3, -0.25) is 9.69 Å². The first-order valence-electron chi connectivity index (χ1n) is 8.11. The highest BCUT2D eigenvalue weighted by Gasteiger charge is 2.20. The van der Waals surface area contributed by atoms with Crippen LogP contribution in [0.1, 0.15) is 25.3 Å². The standard InChI is InChI=1S/C17H26FN3O/c1-2-19-11-15-7-9-21(10-8-15)13-17(22)20-12-14-3-5-16(18)6-4-14/h3-6,15,19H,2,7-13H2,1H3,(H,20,22). The van der Waals surface area contributed by atoms with Crippen molar-refractivity contribution in [2.45, 2.75) is 26.3 Å². The van der Waals surface area contributed by atoms with Gasteiger partial charge in [-0.1, -0.05) is 19.1 Å². The van der Waals surface area contributed by atoms with E-state index in [0.717, 1.165) is 50.5 Å². The third-order valence-corrected chi connectivity index (χ3v) is 4.16. The van der Waals surface area contributed by atoms with Crippen LogP contribution in [0.4, 0.5) is 4.39 Å². The van der Waals surface area contributed by atoms with Crippen LogP contribution in [0.2, 0.25) is 0 Å². The molecule has 1 saturated heterocycles. The van der Waals surface area contributed by atoms with Gasteiger partial charge in [-0.2, -0.15) is 0 Å². The molecule has 1 aliphatic rings. The number of nitrogens with zero attached hydrogens (tertiary/aromatic N) is 1. The Morgan fingerprint density at radius 3 is 2.59 bits per heavy atom. The van der Waals surface area contributed by atoms with Crippen LogP contribution >= 0.6 is 0 Å². The summed E-state index contributed by atoms with van der Waals surface area (Å²) in [6.45, 7) is 7.11. The average Bonchev–Trinajstić information content (AvgIpc) is 2.54. The maximum Gasteiger partial charge on any atom is 0.234 e. The molecule has 1 heterocycles. The fourth-order valence-electron chi connectivity index (χ4n) is 2.76. The first-order chi connectivity index (χ1) is 10.7. The summed E-state index contributed by atoms with van der Waals surface area (Å²) in [5.74, 6) is 0.517. The molecule has 1 aromatic carbocycles. The van der Waals surface area contributed by atoms with Gasteiger partial charge in [0.2, 0.25) is 5.91 Å². The van der Waals surface area contributed by atoms with Gasteiger partial charge in [0.15, 0.2) is 0 Å². The number of nitrogens with one attached hydrogen (secondary N) is 2. The van der Waals surface area contributed by atoms with E-state index in [4.69, 9.17) is 0 Å². The van der Waals surface area contributed by atoms with Crippen molar-refractivity contribution >= 4 is 5.91 Å². The van der Waals surface area contributed by atoms with Gasteiger partial charge in [0.25, 0.3) is 0 Å². The lowest BCUT2D eigenvalue weighted by atomic mass is 9.97. The second-order valence-electron chi connectivity index (χ2n) is 5.93. The number of likely N-dealkylation sites (tertiary alicyclic amines) is 1. The van der Waals surface area contributed by atoms with E-state index in [1.165, 1.54) is 12.1 Å². The molecule has 1 fully saturated rings. The number of carbonyl (C=O) groups is 1. The molecule has 0 atom stereocenters. The first-order valence-corrected chi connectivity index (χ1v) is 8.11. The molecule has 0 radical (unpaired) electrons. The number of halogens is 1. The summed E-state index contributed by atoms with van der Waals surface area (Å²) in [5.41, 5.74) is 0.916. The lowest BCUT2D eigenvalue weighted by Gasteiger charge is -2.31. The summed E-state index contributed by atoms with van der Waals surface area (Å²) < 4.78 is 12.8. The first kappa shape index (κ1) is 16.9. The quantitative estimate of drug-likeness (QED) is 0.807. The van der Waals surface area contributed by atoms with Crippen molar-refractivity contribution in [3.63, 3.8) is 0 Å². The van der Waals surface area contributed by atoms with Crippen LogP contribution in [0.25, 0.3) is 0 Å². The Labute approximate surface area is 132 Å². The van der Waals surface area contributed by atoms with Gasteiger partial charge >= 0.3 is 0 Å². The van der Waals surface area contributed by atoms with E-state index in [1.54, 1.807) is 12.1 Å². The molecule has 0 unspecified atom stereocenters. The normalized spacial score (nSPS) is 16.6. The summed E-state index contributed by atoms with van der Waals surface area (Å²) >= 11 is 0. The number of rotatable bonds is 7. The van der Waals surface area contributed by atoms with Crippen molar-refractivity contribution in [3.05, 3.63) is 35.6 Å². The Morgan fingerprint density at radius 1 is 1.27 bits per heavy atom. The molecule has 4 nitrogen and oxygen atoms in total. The Morgan fingerprint density at radius 2 is 1.95 bits per heavy atom. The van der Waals surface area contributed by atoms with Crippen LogP contribution in [0, 0.1) is 11.7 Å². The predicted octanol–water partition coefficient (Wildman–Crippen LogP) is 1.76. The Hall–Kier alpha value is -1.46. The molecule has 2 rings (SSSR count). The second-order valence-corrected chi connectivity index (χ2v) is 5.93. The zero-order chi connectivity index (χ0) is 15.8. The van der Waals surface area contributed by atoms with Crippen molar-refractivity contribution in [3.8, 4) is 0 Å². The number of carbonyl (C=O) groups excluding carboxylic acids is 1. The molecular formula is C17H26FN3O. The maximum absolute atomic E-state index is 12.8. The fourth-order valence-corrected chi connectivity index (χ4v) is 2.76. The van der Waals surface area contributed by atoms with Gasteiger partial charge in [-0.15, -0.1) is 0 Å². The number of hydrogen-bond donors (Lipinski definition) is 2. The minimum atomic E-state index is -0.254. The minimum Gasteiger partial charge on any atom is -0.351 e. The molecule has 1 amide bonds. The predicted molar refractivity (Wildman–Crippen MR) is 86.0 cm³/mol. The number of amides is 1. The summed E-state index contributed by atoms with van der Waals surface area (Å²) in [4.78, 5) is 14.2. The maximum atomic E-state index is 12.8. The van der Waals surface area contributed by atoms with Crippen LogP contribution in [-0.4, -0.2) is 43.5 Å². The highest BCUT2D eigenvalue weighted by Crippen LogP contribution is 2.15. The number of benzene rings is 1. The summed E-state index contributed by atoms with van der Waals surface area (Å²) in [7, 11) is 0. The topological polar surface area (TPSA) is 44.4 Å². The molecule has 2 N–H and O–H groups in total. The van der Waals surface area contributed by atoms with Crippen LogP contribution in [0.3, 0.4) is 0 Å². The van der Waals surface area contributed by atoms with E-state index in [9.17, 15) is 9.18 Å². The van der Waals surface area contributed by atoms with Crippen LogP contribution in [-0.2, 0) is 11.3 Å². The van der Waals surface area contributed by atoms with Gasteiger partial charge in [-0.05, 0) is 62.6 Å². The van der Waals surface area contributed by atoms with Gasteiger partial charge < -0.3 is 10.6 Å². The van der Waals surface area contributed by atoms with Crippen molar-refractivity contribution in [2.24, 2.45) is 5.92 Å². The SMILES string of the molecule is CCNCC1CCN(CC(=O)NCc2ccc(F)cc2)CC1. The highest BCUT2D eigenvalue weighted by molar-refractivity contribution is 5.78. The molecule has 0 bridgehead atoms. The Bertz CT molecular complexity index is 455. The third kappa shape index (κ3) is 5.73. The van der Waals surface area contributed by atoms with Crippen molar-refractivity contribution in [2.75, 3.05) is 32.7 Å². The van der Waals surface area contributed by atoms with Crippen molar-refractivity contribution in [1.29, 1.82) is 0 Å². The molecule has 0 aromatic heterocycles. The average molecular weight is 307 g/mol. The molecule has 0 saturated carbocycles. The van der Waals surface area contributed by atoms with Gasteiger partial charge in [0, 0.05) is 6.54 Å². The van der Waals surface area contributed by atoms with Crippen LogP contribution in [0.5, 0.6) is 0 Å². The molecule has 1 aromatic rings. The van der Waals surface area contributed by atoms with Crippen molar-refractivity contribution in [1.82, 2.24) is 15.5 Å². The largest absolute Gasteiger partial charge is 0.351 e. The summed E-state index contributed by atoms with van der Waals surface area (Å²) in [6, 6.07) is 6.22. The monoisotopic (exact) mass is 307 g/mol. The van der Waals surface area contributed by atoms with E-state index >= 15 is 0 Å². The molecule has 0 aliphatic carbocycles. The summed E-state index contributed by atoms with van der Waals surface area (Å²) in [5, 5.41) is 6.29. The van der Waals surface area contributed by atoms with Crippen LogP contribution in [0.15, 0.2) is 24.3 Å². The third-order valence-electron chi connectivity index (χ3n) is 4.16. The van der Waals surface area contributed by atoms with E-state index < -0.39 is 0 Å². The molecule has 5 heteroatoms. The van der Waals surface area contributed by atoms with Gasteiger partial charge in [-0.25, -0.2) is 4.39 Å². The number of hydrogen-bond acceptors (Lipinski definition) is 3. The minimum absolute atomic E-state index is 0.0365. The van der Waals surface area contributed by atoms with Crippen molar-refractivity contribution < 1.29 is 9.18 Å². The van der Waals surface area contributed by atoms with E-state index in [0.29, 0.717) is 13.1 Å². The second kappa shape index (κ2) is 8.86. The molecule has 1 aliphatic heterocycles. The molecule has 122 valence electrons. The smallest absolute Gasteiger partial charge is 0.234 e. The lowest BCUT2D eigenvalue weighted by molar-refractivity contribution is -0.122. The Balaban J connectivity index is 1.64. The lowest BCUT2D eigenvalue weighted by Crippen LogP contribution is -2.42. The fraction of sp³-hybridized carbons (Fsp3) is 0.588. The highest BCUT2D eigenvalue weighted by atomic mass is 19.1. The zero-order valence-corrected chi connectivity index (χ0v) is 13.3. The molecule has 22 heavy (non-hydrogen) atoms. The number of piperidine rings is 1. The Kier molecular flexibility index (Phi) is 6.80. The van der Waals surface area contributed by atoms with Gasteiger partial charge in [0.05, 0.1) is 6.54 Å². The van der Waals surface area contributed by atoms with Gasteiger partial charge in [0.1, 0.15) is 5.82 Å². The molecule has 0 spiro atoms.